The summed E-state index contributed by atoms with van der Waals surface area (Å²) in [6.45, 7) is 1.76. The molecule has 4 heteroatoms. The van der Waals surface area contributed by atoms with Gasteiger partial charge in [-0.3, -0.25) is 0 Å². The van der Waals surface area contributed by atoms with E-state index in [0.717, 1.165) is 31.4 Å². The van der Waals surface area contributed by atoms with Crippen LogP contribution in [-0.4, -0.2) is 23.4 Å². The third kappa shape index (κ3) is 4.39. The molecule has 0 atom stereocenters. The van der Waals surface area contributed by atoms with E-state index in [-0.39, 0.29) is 12.4 Å². The van der Waals surface area contributed by atoms with E-state index in [1.54, 1.807) is 6.07 Å². The Morgan fingerprint density at radius 3 is 2.75 bits per heavy atom. The second kappa shape index (κ2) is 7.49. The first-order valence-corrected chi connectivity index (χ1v) is 5.91. The van der Waals surface area contributed by atoms with Crippen LogP contribution >= 0.6 is 11.6 Å². The first-order valence-electron chi connectivity index (χ1n) is 5.53. The molecule has 0 aliphatic heterocycles. The van der Waals surface area contributed by atoms with Gasteiger partial charge in [-0.05, 0) is 31.9 Å². The minimum absolute atomic E-state index is 0.159. The van der Waals surface area contributed by atoms with E-state index in [1.807, 2.05) is 12.1 Å². The maximum Gasteiger partial charge on any atom is 0.138 e. The van der Waals surface area contributed by atoms with Gasteiger partial charge in [-0.2, -0.15) is 0 Å². The first kappa shape index (κ1) is 13.3. The van der Waals surface area contributed by atoms with Crippen molar-refractivity contribution in [2.75, 3.05) is 13.2 Å². The zero-order valence-corrected chi connectivity index (χ0v) is 10.0. The summed E-state index contributed by atoms with van der Waals surface area (Å²) in [5.41, 5.74) is 0.814. The quantitative estimate of drug-likeness (QED) is 0.644. The molecule has 0 amide bonds. The van der Waals surface area contributed by atoms with Crippen LogP contribution in [0.1, 0.15) is 24.8 Å². The molecule has 0 fully saturated rings. The molecule has 0 saturated heterocycles. The van der Waals surface area contributed by atoms with Gasteiger partial charge in [0.1, 0.15) is 5.75 Å². The number of aromatic hydroxyl groups is 1. The Hall–Kier alpha value is -0.770. The highest BCUT2D eigenvalue weighted by Gasteiger charge is 2.03. The lowest BCUT2D eigenvalue weighted by atomic mass is 10.2. The van der Waals surface area contributed by atoms with Crippen LogP contribution in [0.25, 0.3) is 0 Å². The Morgan fingerprint density at radius 2 is 2.00 bits per heavy atom. The van der Waals surface area contributed by atoms with Crippen LogP contribution in [-0.2, 0) is 6.54 Å². The summed E-state index contributed by atoms with van der Waals surface area (Å²) in [7, 11) is 0. The van der Waals surface area contributed by atoms with Crippen LogP contribution in [0.2, 0.25) is 5.02 Å². The molecule has 90 valence electrons. The number of aliphatic hydroxyl groups is 1. The van der Waals surface area contributed by atoms with Gasteiger partial charge in [0, 0.05) is 18.7 Å². The van der Waals surface area contributed by atoms with E-state index in [4.69, 9.17) is 16.7 Å². The fourth-order valence-electron chi connectivity index (χ4n) is 1.46. The van der Waals surface area contributed by atoms with Crippen molar-refractivity contribution in [3.05, 3.63) is 28.8 Å². The van der Waals surface area contributed by atoms with Gasteiger partial charge >= 0.3 is 0 Å². The average Bonchev–Trinajstić information content (AvgIpc) is 2.29. The van der Waals surface area contributed by atoms with Crippen LogP contribution in [0.3, 0.4) is 0 Å². The minimum Gasteiger partial charge on any atom is -0.506 e. The van der Waals surface area contributed by atoms with Crippen molar-refractivity contribution in [3.63, 3.8) is 0 Å². The fraction of sp³-hybridized carbons (Fsp3) is 0.500. The predicted octanol–water partition coefficient (Wildman–Crippen LogP) is 2.30. The zero-order chi connectivity index (χ0) is 11.8. The first-order chi connectivity index (χ1) is 7.75. The summed E-state index contributed by atoms with van der Waals surface area (Å²) in [5, 5.41) is 21.8. The highest BCUT2D eigenvalue weighted by atomic mass is 35.5. The number of hydrogen-bond acceptors (Lipinski definition) is 3. The van der Waals surface area contributed by atoms with Gasteiger partial charge in [0.2, 0.25) is 0 Å². The van der Waals surface area contributed by atoms with Crippen LogP contribution < -0.4 is 5.32 Å². The van der Waals surface area contributed by atoms with E-state index in [2.05, 4.69) is 5.32 Å². The molecular formula is C12H18ClNO2. The van der Waals surface area contributed by atoms with Gasteiger partial charge in [0.25, 0.3) is 0 Å². The van der Waals surface area contributed by atoms with Crippen LogP contribution in [0, 0.1) is 0 Å². The number of nitrogens with one attached hydrogen (secondary N) is 1. The van der Waals surface area contributed by atoms with Crippen LogP contribution in [0.4, 0.5) is 0 Å². The van der Waals surface area contributed by atoms with Crippen molar-refractivity contribution < 1.29 is 10.2 Å². The van der Waals surface area contributed by atoms with Crippen molar-refractivity contribution in [3.8, 4) is 5.75 Å². The molecule has 0 aromatic heterocycles. The summed E-state index contributed by atoms with van der Waals surface area (Å²) in [5.74, 6) is 0.159. The molecule has 1 aromatic rings. The third-order valence-corrected chi connectivity index (χ3v) is 2.70. The van der Waals surface area contributed by atoms with E-state index >= 15 is 0 Å². The number of hydrogen-bond donors (Lipinski definition) is 3. The van der Waals surface area contributed by atoms with E-state index in [9.17, 15) is 5.11 Å². The highest BCUT2D eigenvalue weighted by molar-refractivity contribution is 6.32. The maximum absolute atomic E-state index is 9.63. The van der Waals surface area contributed by atoms with E-state index in [1.165, 1.54) is 0 Å². The Balaban J connectivity index is 2.24. The van der Waals surface area contributed by atoms with E-state index < -0.39 is 0 Å². The molecule has 0 bridgehead atoms. The zero-order valence-electron chi connectivity index (χ0n) is 9.25. The SMILES string of the molecule is OCCCCCNCc1cccc(Cl)c1O. The van der Waals surface area contributed by atoms with Gasteiger partial charge in [0.05, 0.1) is 5.02 Å². The lowest BCUT2D eigenvalue weighted by molar-refractivity contribution is 0.283. The molecule has 0 radical (unpaired) electrons. The molecule has 3 nitrogen and oxygen atoms in total. The molecule has 0 aliphatic carbocycles. The fourth-order valence-corrected chi connectivity index (χ4v) is 1.66. The average molecular weight is 244 g/mol. The van der Waals surface area contributed by atoms with Crippen molar-refractivity contribution in [2.45, 2.75) is 25.8 Å². The molecule has 16 heavy (non-hydrogen) atoms. The summed E-state index contributed by atoms with van der Waals surface area (Å²) in [6.07, 6.45) is 2.90. The van der Waals surface area contributed by atoms with Crippen LogP contribution in [0.5, 0.6) is 5.75 Å². The summed E-state index contributed by atoms with van der Waals surface area (Å²) >= 11 is 5.79. The highest BCUT2D eigenvalue weighted by Crippen LogP contribution is 2.26. The van der Waals surface area contributed by atoms with E-state index in [0.29, 0.717) is 11.6 Å². The number of aliphatic hydroxyl groups excluding tert-OH is 1. The molecule has 0 saturated carbocycles. The maximum atomic E-state index is 9.63. The van der Waals surface area contributed by atoms with Crippen LogP contribution in [0.15, 0.2) is 18.2 Å². The monoisotopic (exact) mass is 243 g/mol. The molecule has 1 rings (SSSR count). The molecule has 0 spiro atoms. The van der Waals surface area contributed by atoms with Crippen molar-refractivity contribution in [2.24, 2.45) is 0 Å². The Bertz CT molecular complexity index is 318. The number of phenols is 1. The summed E-state index contributed by atoms with van der Waals surface area (Å²) in [4.78, 5) is 0. The number of phenolic OH excluding ortho intramolecular Hbond substituents is 1. The van der Waals surface area contributed by atoms with Gasteiger partial charge in [0.15, 0.2) is 0 Å². The lowest BCUT2D eigenvalue weighted by Crippen LogP contribution is -2.14. The van der Waals surface area contributed by atoms with Gasteiger partial charge < -0.3 is 15.5 Å². The molecule has 3 N–H and O–H groups in total. The number of benzene rings is 1. The lowest BCUT2D eigenvalue weighted by Gasteiger charge is -2.07. The number of unbranched alkanes of at least 4 members (excludes halogenated alkanes) is 2. The van der Waals surface area contributed by atoms with Gasteiger partial charge in [-0.15, -0.1) is 0 Å². The minimum atomic E-state index is 0.159. The molecule has 0 aliphatic rings. The normalized spacial score (nSPS) is 10.6. The largest absolute Gasteiger partial charge is 0.506 e. The molecule has 1 aromatic carbocycles. The summed E-state index contributed by atoms with van der Waals surface area (Å²) in [6, 6.07) is 5.34. The number of rotatable bonds is 7. The standard InChI is InChI=1S/C12H18ClNO2/c13-11-6-4-5-10(12(11)16)9-14-7-2-1-3-8-15/h4-6,14-16H,1-3,7-9H2. The number of para-hydroxylation sites is 1. The molecule has 0 unspecified atom stereocenters. The molecule has 0 heterocycles. The number of halogens is 1. The Kier molecular flexibility index (Phi) is 6.23. The second-order valence-electron chi connectivity index (χ2n) is 3.71. The van der Waals surface area contributed by atoms with Crippen molar-refractivity contribution in [1.29, 1.82) is 0 Å². The second-order valence-corrected chi connectivity index (χ2v) is 4.12. The summed E-state index contributed by atoms with van der Waals surface area (Å²) < 4.78 is 0. The Labute approximate surface area is 101 Å². The topological polar surface area (TPSA) is 52.5 Å². The predicted molar refractivity (Wildman–Crippen MR) is 65.8 cm³/mol. The van der Waals surface area contributed by atoms with Crippen molar-refractivity contribution >= 4 is 11.6 Å². The van der Waals surface area contributed by atoms with Gasteiger partial charge in [-0.25, -0.2) is 0 Å². The smallest absolute Gasteiger partial charge is 0.138 e. The Morgan fingerprint density at radius 1 is 1.19 bits per heavy atom. The molecular weight excluding hydrogens is 226 g/mol. The third-order valence-electron chi connectivity index (χ3n) is 2.40. The van der Waals surface area contributed by atoms with Gasteiger partial charge in [-0.1, -0.05) is 23.7 Å². The van der Waals surface area contributed by atoms with Crippen molar-refractivity contribution in [1.82, 2.24) is 5.32 Å².